The molecular weight excluding hydrogens is 542 g/mol. The van der Waals surface area contributed by atoms with Gasteiger partial charge in [0, 0.05) is 29.2 Å². The van der Waals surface area contributed by atoms with Gasteiger partial charge in [0.2, 0.25) is 11.7 Å². The maximum Gasteiger partial charge on any atom is 0.235 e. The molecule has 42 heavy (non-hydrogen) atoms. The van der Waals surface area contributed by atoms with E-state index in [0.29, 0.717) is 17.7 Å². The Hall–Kier alpha value is -3.80. The molecule has 0 bridgehead atoms. The highest BCUT2D eigenvalue weighted by atomic mass is 16.3. The average Bonchev–Trinajstić information content (AvgIpc) is 3.47. The van der Waals surface area contributed by atoms with Gasteiger partial charge in [-0.1, -0.05) is 6.42 Å². The predicted octanol–water partition coefficient (Wildman–Crippen LogP) is 1.58. The Morgan fingerprint density at radius 3 is 2.50 bits per heavy atom. The Balaban J connectivity index is 1.52. The number of nitrogens with zero attached hydrogens (tertiary/aromatic N) is 2. The van der Waals surface area contributed by atoms with Crippen molar-refractivity contribution < 1.29 is 38.9 Å². The number of rotatable bonds is 5. The van der Waals surface area contributed by atoms with Crippen molar-refractivity contribution >= 4 is 29.0 Å². The second-order valence-corrected chi connectivity index (χ2v) is 12.2. The largest absolute Gasteiger partial charge is 0.507 e. The van der Waals surface area contributed by atoms with E-state index in [-0.39, 0.29) is 29.7 Å². The molecule has 2 saturated carbocycles. The van der Waals surface area contributed by atoms with E-state index in [2.05, 4.69) is 4.90 Å². The van der Waals surface area contributed by atoms with Crippen LogP contribution in [0.25, 0.3) is 16.9 Å². The van der Waals surface area contributed by atoms with E-state index in [1.165, 1.54) is 11.2 Å². The first kappa shape index (κ1) is 28.3. The third-order valence-electron chi connectivity index (χ3n) is 9.61. The number of aromatic hydroxyl groups is 1. The highest BCUT2D eigenvalue weighted by molar-refractivity contribution is 6.32. The van der Waals surface area contributed by atoms with Gasteiger partial charge in [0.05, 0.1) is 24.1 Å². The van der Waals surface area contributed by atoms with Gasteiger partial charge in [0.1, 0.15) is 11.5 Å². The number of Topliss-reactive ketones (excluding diaryl/α,β-unsaturated/α-hetero) is 3. The van der Waals surface area contributed by atoms with Crippen molar-refractivity contribution in [3.63, 3.8) is 0 Å². The normalized spacial score (nSPS) is 29.9. The Labute approximate surface area is 242 Å². The Morgan fingerprint density at radius 1 is 1.17 bits per heavy atom. The number of phenols is 1. The Kier molecular flexibility index (Phi) is 6.87. The third-order valence-corrected chi connectivity index (χ3v) is 9.61. The van der Waals surface area contributed by atoms with Gasteiger partial charge in [0.25, 0.3) is 0 Å². The van der Waals surface area contributed by atoms with E-state index in [0.717, 1.165) is 43.5 Å². The number of piperidine rings is 1. The maximum atomic E-state index is 14.1. The van der Waals surface area contributed by atoms with Crippen LogP contribution in [0.15, 0.2) is 34.6 Å². The molecule has 1 saturated heterocycles. The molecule has 4 aliphatic rings. The molecule has 0 spiro atoms. The quantitative estimate of drug-likeness (QED) is 0.382. The van der Waals surface area contributed by atoms with Crippen LogP contribution in [0.3, 0.4) is 0 Å². The molecule has 5 atom stereocenters. The minimum Gasteiger partial charge on any atom is -0.507 e. The highest BCUT2D eigenvalue weighted by Gasteiger charge is 2.67. The summed E-state index contributed by atoms with van der Waals surface area (Å²) in [6.45, 7) is 2.17. The number of carbonyl (C=O) groups excluding carboxylic acids is 4. The van der Waals surface area contributed by atoms with Crippen molar-refractivity contribution in [2.75, 3.05) is 27.2 Å². The van der Waals surface area contributed by atoms with E-state index in [4.69, 9.17) is 10.2 Å². The van der Waals surface area contributed by atoms with Crippen molar-refractivity contribution in [1.82, 2.24) is 9.80 Å². The number of likely N-dealkylation sites (N-methyl/N-ethyl adjacent to an activating group) is 1. The minimum absolute atomic E-state index is 0.00794. The lowest BCUT2D eigenvalue weighted by molar-refractivity contribution is -0.175. The summed E-state index contributed by atoms with van der Waals surface area (Å²) in [5.74, 6) is -8.82. The third kappa shape index (κ3) is 4.05. The first-order chi connectivity index (χ1) is 20.0. The van der Waals surface area contributed by atoms with Crippen molar-refractivity contribution in [3.8, 4) is 16.9 Å². The summed E-state index contributed by atoms with van der Waals surface area (Å²) in [5, 5.41) is 35.1. The number of fused-ring (bicyclic) bond motifs is 3. The second-order valence-electron chi connectivity index (χ2n) is 12.2. The highest BCUT2D eigenvalue weighted by Crippen LogP contribution is 2.53. The van der Waals surface area contributed by atoms with Crippen LogP contribution in [0.4, 0.5) is 0 Å². The van der Waals surface area contributed by atoms with Crippen LogP contribution in [0.2, 0.25) is 0 Å². The number of phenolic OH excluding ortho intramolecular Hbond substituents is 1. The lowest BCUT2D eigenvalue weighted by Crippen LogP contribution is -2.72. The number of amides is 1. The fraction of sp³-hybridized carbons (Fsp3) is 0.484. The number of benzene rings is 1. The van der Waals surface area contributed by atoms with E-state index >= 15 is 0 Å². The van der Waals surface area contributed by atoms with Crippen LogP contribution >= 0.6 is 0 Å². The molecule has 222 valence electrons. The van der Waals surface area contributed by atoms with E-state index in [1.54, 1.807) is 26.4 Å². The summed E-state index contributed by atoms with van der Waals surface area (Å²) in [6, 6.07) is 2.54. The van der Waals surface area contributed by atoms with Gasteiger partial charge in [0.15, 0.2) is 23.1 Å². The van der Waals surface area contributed by atoms with Gasteiger partial charge in [-0.05, 0) is 82.0 Å². The van der Waals surface area contributed by atoms with E-state index in [1.807, 2.05) is 6.07 Å². The molecule has 2 aromatic rings. The molecule has 2 heterocycles. The van der Waals surface area contributed by atoms with Crippen molar-refractivity contribution in [3.05, 3.63) is 46.9 Å². The molecule has 1 aliphatic heterocycles. The van der Waals surface area contributed by atoms with E-state index < -0.39 is 58.4 Å². The number of likely N-dealkylation sites (tertiary alicyclic amines) is 1. The van der Waals surface area contributed by atoms with Gasteiger partial charge < -0.3 is 25.5 Å². The van der Waals surface area contributed by atoms with E-state index in [9.17, 15) is 34.5 Å². The van der Waals surface area contributed by atoms with Crippen molar-refractivity contribution in [1.29, 1.82) is 0 Å². The zero-order valence-corrected chi connectivity index (χ0v) is 23.6. The van der Waals surface area contributed by atoms with Gasteiger partial charge >= 0.3 is 0 Å². The minimum atomic E-state index is -2.74. The zero-order chi connectivity index (χ0) is 30.1. The average molecular weight is 578 g/mol. The number of carbonyl (C=O) groups is 4. The lowest BCUT2D eigenvalue weighted by Gasteiger charge is -2.51. The standard InChI is InChI=1S/C31H35N3O8/c1-33(2)24-20-12-16-10-19-18(15-6-9-42-14-15)11-17(13-34-7-4-3-5-8-34)25(35)22(19)26(36)21(16)28(38)31(20,41)29(39)23(27(24)37)30(32)40/h6,9,11,14,16,20,23-24,35-36,41H,3-5,7-8,10,12-13H2,1-2H3,(H2,32,40)/t16-,20-,23?,24-,31-/m0/s1. The summed E-state index contributed by atoms with van der Waals surface area (Å²) in [6.07, 6.45) is 6.54. The van der Waals surface area contributed by atoms with Crippen LogP contribution in [0, 0.1) is 17.8 Å². The molecular formula is C31H35N3O8. The van der Waals surface area contributed by atoms with Crippen LogP contribution in [0.5, 0.6) is 5.75 Å². The molecule has 0 radical (unpaired) electrons. The predicted molar refractivity (Wildman–Crippen MR) is 150 cm³/mol. The molecule has 1 unspecified atom stereocenters. The zero-order valence-electron chi connectivity index (χ0n) is 23.6. The van der Waals surface area contributed by atoms with Crippen LogP contribution in [-0.4, -0.2) is 87.2 Å². The first-order valence-electron chi connectivity index (χ1n) is 14.3. The molecule has 3 fully saturated rings. The van der Waals surface area contributed by atoms with Crippen LogP contribution in [-0.2, 0) is 32.1 Å². The summed E-state index contributed by atoms with van der Waals surface area (Å²) in [4.78, 5) is 56.9. The van der Waals surface area contributed by atoms with Crippen molar-refractivity contribution in [2.45, 2.75) is 50.3 Å². The molecule has 5 N–H and O–H groups in total. The summed E-state index contributed by atoms with van der Waals surface area (Å²) in [7, 11) is 3.14. The topological polar surface area (TPSA) is 175 Å². The summed E-state index contributed by atoms with van der Waals surface area (Å²) < 4.78 is 5.35. The fourth-order valence-corrected chi connectivity index (χ4v) is 7.66. The number of ketones is 3. The van der Waals surface area contributed by atoms with Gasteiger partial charge in [-0.25, -0.2) is 0 Å². The fourth-order valence-electron chi connectivity index (χ4n) is 7.66. The van der Waals surface area contributed by atoms with Crippen LogP contribution in [0.1, 0.15) is 42.4 Å². The number of aliphatic hydroxyl groups is 2. The number of primary amides is 1. The Morgan fingerprint density at radius 2 is 1.88 bits per heavy atom. The number of furan rings is 1. The number of nitrogens with two attached hydrogens (primary N) is 1. The molecule has 1 aromatic carbocycles. The number of aliphatic hydroxyl groups excluding tert-OH is 1. The smallest absolute Gasteiger partial charge is 0.235 e. The Bertz CT molecular complexity index is 1520. The maximum absolute atomic E-state index is 14.1. The lowest BCUT2D eigenvalue weighted by atomic mass is 9.54. The monoisotopic (exact) mass is 577 g/mol. The molecule has 1 aromatic heterocycles. The second kappa shape index (κ2) is 10.2. The van der Waals surface area contributed by atoms with Gasteiger partial charge in [-0.3, -0.25) is 29.0 Å². The summed E-state index contributed by atoms with van der Waals surface area (Å²) in [5.41, 5.74) is 5.20. The molecule has 11 heteroatoms. The van der Waals surface area contributed by atoms with Crippen LogP contribution < -0.4 is 5.73 Å². The molecule has 11 nitrogen and oxygen atoms in total. The summed E-state index contributed by atoms with van der Waals surface area (Å²) >= 11 is 0. The molecule has 3 aliphatic carbocycles. The first-order valence-corrected chi connectivity index (χ1v) is 14.3. The number of hydrogen-bond donors (Lipinski definition) is 4. The number of hydrogen-bond acceptors (Lipinski definition) is 10. The SMILES string of the molecule is CN(C)[C@@H]1C(=O)C(C(N)=O)C(=O)[C@@]2(O)C(=O)C3=C(O)c4c(O)c(CN5CCCCC5)cc(-c5ccoc5)c4C[C@H]3C[C@@H]12. The molecule has 6 rings (SSSR count). The van der Waals surface area contributed by atoms with Gasteiger partial charge in [-0.2, -0.15) is 0 Å². The van der Waals surface area contributed by atoms with Gasteiger partial charge in [-0.15, -0.1) is 0 Å². The molecule has 1 amide bonds. The van der Waals surface area contributed by atoms with Crippen molar-refractivity contribution in [2.24, 2.45) is 23.5 Å².